The van der Waals surface area contributed by atoms with E-state index in [4.69, 9.17) is 10.7 Å². The van der Waals surface area contributed by atoms with Gasteiger partial charge in [-0.1, -0.05) is 6.07 Å². The van der Waals surface area contributed by atoms with Crippen LogP contribution in [0.2, 0.25) is 0 Å². The maximum absolute atomic E-state index is 12.2. The van der Waals surface area contributed by atoms with Crippen molar-refractivity contribution in [2.24, 2.45) is 0 Å². The molecule has 0 radical (unpaired) electrons. The quantitative estimate of drug-likeness (QED) is 0.801. The van der Waals surface area contributed by atoms with Crippen molar-refractivity contribution in [3.8, 4) is 0 Å². The molecule has 0 bridgehead atoms. The maximum atomic E-state index is 12.2. The Hall–Kier alpha value is -1.33. The highest BCUT2D eigenvalue weighted by Gasteiger charge is 2.19. The van der Waals surface area contributed by atoms with Crippen molar-refractivity contribution in [1.82, 2.24) is 4.57 Å². The molecule has 6 heteroatoms. The fourth-order valence-electron chi connectivity index (χ4n) is 2.17. The summed E-state index contributed by atoms with van der Waals surface area (Å²) in [6, 6.07) is 3.46. The molecule has 0 aliphatic heterocycles. The predicted molar refractivity (Wildman–Crippen MR) is 76.4 cm³/mol. The number of nitrogens with zero attached hydrogens (tertiary/aromatic N) is 1. The smallest absolute Gasteiger partial charge is 0.266 e. The van der Waals surface area contributed by atoms with Crippen molar-refractivity contribution in [2.75, 3.05) is 0 Å². The first-order valence-electron chi connectivity index (χ1n) is 5.85. The molecule has 2 aromatic rings. The molecule has 19 heavy (non-hydrogen) atoms. The van der Waals surface area contributed by atoms with E-state index in [2.05, 4.69) is 0 Å². The summed E-state index contributed by atoms with van der Waals surface area (Å²) in [5.74, 6) is 0. The van der Waals surface area contributed by atoms with E-state index in [9.17, 15) is 13.2 Å². The summed E-state index contributed by atoms with van der Waals surface area (Å²) in [4.78, 5) is 11.9. The third-order valence-electron chi connectivity index (χ3n) is 3.33. The second-order valence-electron chi connectivity index (χ2n) is 4.45. The van der Waals surface area contributed by atoms with Gasteiger partial charge in [0.15, 0.2) is 0 Å². The Morgan fingerprint density at radius 2 is 1.89 bits per heavy atom. The first-order valence-corrected chi connectivity index (χ1v) is 8.16. The van der Waals surface area contributed by atoms with E-state index in [0.717, 1.165) is 16.6 Å². The van der Waals surface area contributed by atoms with Crippen molar-refractivity contribution >= 4 is 30.6 Å². The summed E-state index contributed by atoms with van der Waals surface area (Å²) in [6.07, 6.45) is 1.32. The SMILES string of the molecule is CCn1cc(S(=O)(=O)Cl)c(=O)c2ccc(C)c(C)c21. The lowest BCUT2D eigenvalue weighted by Crippen LogP contribution is -2.17. The Balaban J connectivity index is 3.09. The number of aromatic nitrogens is 1. The van der Waals surface area contributed by atoms with E-state index in [1.807, 2.05) is 26.8 Å². The third kappa shape index (κ3) is 2.28. The molecule has 1 aromatic heterocycles. The molecule has 0 unspecified atom stereocenters. The highest BCUT2D eigenvalue weighted by atomic mass is 35.7. The fourth-order valence-corrected chi connectivity index (χ4v) is 3.09. The molecule has 102 valence electrons. The van der Waals surface area contributed by atoms with E-state index in [-0.39, 0.29) is 4.90 Å². The summed E-state index contributed by atoms with van der Waals surface area (Å²) in [5, 5.41) is 0.381. The van der Waals surface area contributed by atoms with Gasteiger partial charge in [-0.25, -0.2) is 8.42 Å². The number of rotatable bonds is 2. The number of fused-ring (bicyclic) bond motifs is 1. The lowest BCUT2D eigenvalue weighted by Gasteiger charge is -2.14. The first kappa shape index (κ1) is 14.1. The van der Waals surface area contributed by atoms with Crippen molar-refractivity contribution in [2.45, 2.75) is 32.2 Å². The van der Waals surface area contributed by atoms with Crippen LogP contribution >= 0.6 is 10.7 Å². The number of hydrogen-bond donors (Lipinski definition) is 0. The fraction of sp³-hybridized carbons (Fsp3) is 0.308. The number of aryl methyl sites for hydroxylation is 3. The highest BCUT2D eigenvalue weighted by molar-refractivity contribution is 8.13. The van der Waals surface area contributed by atoms with E-state index >= 15 is 0 Å². The van der Waals surface area contributed by atoms with Gasteiger partial charge < -0.3 is 4.57 Å². The van der Waals surface area contributed by atoms with Gasteiger partial charge in [0.05, 0.1) is 5.52 Å². The van der Waals surface area contributed by atoms with Crippen LogP contribution in [-0.4, -0.2) is 13.0 Å². The van der Waals surface area contributed by atoms with Crippen LogP contribution in [0.1, 0.15) is 18.1 Å². The second kappa shape index (κ2) is 4.65. The molecule has 1 aromatic carbocycles. The summed E-state index contributed by atoms with van der Waals surface area (Å²) >= 11 is 0. The molecule has 0 atom stereocenters. The predicted octanol–water partition coefficient (Wildman–Crippen LogP) is 2.57. The zero-order chi connectivity index (χ0) is 14.4. The minimum atomic E-state index is -4.04. The normalized spacial score (nSPS) is 12.0. The van der Waals surface area contributed by atoms with Crippen LogP contribution in [0, 0.1) is 13.8 Å². The van der Waals surface area contributed by atoms with Crippen molar-refractivity contribution in [1.29, 1.82) is 0 Å². The molecule has 0 fully saturated rings. The Morgan fingerprint density at radius 1 is 1.26 bits per heavy atom. The standard InChI is InChI=1S/C13H14ClNO3S/c1-4-15-7-11(19(14,17)18)13(16)10-6-5-8(2)9(3)12(10)15/h5-7H,4H2,1-3H3. The molecular formula is C13H14ClNO3S. The average molecular weight is 300 g/mol. The van der Waals surface area contributed by atoms with Gasteiger partial charge in [0.1, 0.15) is 4.90 Å². The summed E-state index contributed by atoms with van der Waals surface area (Å²) in [6.45, 7) is 6.31. The molecule has 0 aliphatic carbocycles. The monoisotopic (exact) mass is 299 g/mol. The molecular weight excluding hydrogens is 286 g/mol. The van der Waals surface area contributed by atoms with Gasteiger partial charge in [0.2, 0.25) is 5.43 Å². The van der Waals surface area contributed by atoms with Gasteiger partial charge in [-0.3, -0.25) is 4.79 Å². The summed E-state index contributed by atoms with van der Waals surface area (Å²) in [5.41, 5.74) is 2.24. The lowest BCUT2D eigenvalue weighted by atomic mass is 10.0. The average Bonchev–Trinajstić information content (AvgIpc) is 2.32. The van der Waals surface area contributed by atoms with Crippen LogP contribution in [0.25, 0.3) is 10.9 Å². The van der Waals surface area contributed by atoms with E-state index in [1.165, 1.54) is 6.20 Å². The highest BCUT2D eigenvalue weighted by Crippen LogP contribution is 2.22. The van der Waals surface area contributed by atoms with Crippen LogP contribution in [0.15, 0.2) is 28.0 Å². The number of hydrogen-bond acceptors (Lipinski definition) is 3. The Morgan fingerprint density at radius 3 is 2.42 bits per heavy atom. The molecule has 0 aliphatic rings. The minimum absolute atomic E-state index is 0.369. The number of pyridine rings is 1. The van der Waals surface area contributed by atoms with E-state index in [0.29, 0.717) is 11.9 Å². The Bertz CT molecular complexity index is 822. The molecule has 0 amide bonds. The van der Waals surface area contributed by atoms with Crippen molar-refractivity contribution in [3.63, 3.8) is 0 Å². The van der Waals surface area contributed by atoms with E-state index < -0.39 is 14.5 Å². The molecule has 0 saturated heterocycles. The van der Waals surface area contributed by atoms with Gasteiger partial charge in [0, 0.05) is 28.8 Å². The Labute approximate surface area is 116 Å². The van der Waals surface area contributed by atoms with Crippen LogP contribution < -0.4 is 5.43 Å². The van der Waals surface area contributed by atoms with Gasteiger partial charge in [-0.2, -0.15) is 0 Å². The zero-order valence-electron chi connectivity index (χ0n) is 10.9. The molecule has 0 saturated carbocycles. The molecule has 2 rings (SSSR count). The zero-order valence-corrected chi connectivity index (χ0v) is 12.5. The maximum Gasteiger partial charge on any atom is 0.266 e. The van der Waals surface area contributed by atoms with Crippen LogP contribution in [-0.2, 0) is 15.6 Å². The minimum Gasteiger partial charge on any atom is -0.346 e. The lowest BCUT2D eigenvalue weighted by molar-refractivity contribution is 0.607. The molecule has 0 spiro atoms. The summed E-state index contributed by atoms with van der Waals surface area (Å²) in [7, 11) is 1.28. The molecule has 4 nitrogen and oxygen atoms in total. The van der Waals surface area contributed by atoms with Crippen molar-refractivity contribution < 1.29 is 8.42 Å². The van der Waals surface area contributed by atoms with Crippen molar-refractivity contribution in [3.05, 3.63) is 39.7 Å². The number of halogens is 1. The topological polar surface area (TPSA) is 56.1 Å². The Kier molecular flexibility index (Phi) is 3.45. The van der Waals surface area contributed by atoms with Gasteiger partial charge in [-0.05, 0) is 38.0 Å². The first-order chi connectivity index (χ1) is 8.77. The van der Waals surface area contributed by atoms with Gasteiger partial charge >= 0.3 is 0 Å². The second-order valence-corrected chi connectivity index (χ2v) is 6.98. The van der Waals surface area contributed by atoms with Gasteiger partial charge in [0.25, 0.3) is 9.05 Å². The largest absolute Gasteiger partial charge is 0.346 e. The number of benzene rings is 1. The van der Waals surface area contributed by atoms with E-state index in [1.54, 1.807) is 10.6 Å². The van der Waals surface area contributed by atoms with Crippen LogP contribution in [0.5, 0.6) is 0 Å². The summed E-state index contributed by atoms with van der Waals surface area (Å²) < 4.78 is 24.7. The molecule has 1 heterocycles. The molecule has 0 N–H and O–H groups in total. The van der Waals surface area contributed by atoms with Crippen LogP contribution in [0.4, 0.5) is 0 Å². The van der Waals surface area contributed by atoms with Gasteiger partial charge in [-0.15, -0.1) is 0 Å². The van der Waals surface area contributed by atoms with Crippen LogP contribution in [0.3, 0.4) is 0 Å². The third-order valence-corrected chi connectivity index (χ3v) is 4.65.